The molecule has 0 bridgehead atoms. The predicted octanol–water partition coefficient (Wildman–Crippen LogP) is 0.310. The van der Waals surface area contributed by atoms with Gasteiger partial charge >= 0.3 is 0 Å². The van der Waals surface area contributed by atoms with E-state index in [2.05, 4.69) is 11.0 Å². The van der Waals surface area contributed by atoms with Gasteiger partial charge in [0.2, 0.25) is 5.91 Å². The SMILES string of the molecule is CN(C)C(=O)CN1CCC(C#N)CC1. The Bertz CT molecular complexity index is 236. The molecule has 0 aromatic rings. The normalized spacial score (nSPS) is 18.9. The molecule has 0 radical (unpaired) electrons. The van der Waals surface area contributed by atoms with Gasteiger partial charge in [-0.2, -0.15) is 5.26 Å². The summed E-state index contributed by atoms with van der Waals surface area (Å²) in [4.78, 5) is 15.1. The van der Waals surface area contributed by atoms with E-state index in [4.69, 9.17) is 5.26 Å². The molecule has 1 heterocycles. The van der Waals surface area contributed by atoms with E-state index in [9.17, 15) is 4.79 Å². The molecule has 78 valence electrons. The van der Waals surface area contributed by atoms with Crippen LogP contribution in [0.5, 0.6) is 0 Å². The molecule has 1 fully saturated rings. The monoisotopic (exact) mass is 195 g/mol. The van der Waals surface area contributed by atoms with E-state index in [1.807, 2.05) is 0 Å². The number of hydrogen-bond donors (Lipinski definition) is 0. The van der Waals surface area contributed by atoms with E-state index < -0.39 is 0 Å². The van der Waals surface area contributed by atoms with Crippen molar-refractivity contribution in [1.82, 2.24) is 9.80 Å². The fourth-order valence-corrected chi connectivity index (χ4v) is 1.55. The van der Waals surface area contributed by atoms with E-state index in [-0.39, 0.29) is 11.8 Å². The van der Waals surface area contributed by atoms with Crippen LogP contribution in [0.25, 0.3) is 0 Å². The second-order valence-electron chi connectivity index (χ2n) is 3.97. The van der Waals surface area contributed by atoms with Crippen molar-refractivity contribution >= 4 is 5.91 Å². The van der Waals surface area contributed by atoms with Crippen LogP contribution in [0.4, 0.5) is 0 Å². The number of piperidine rings is 1. The molecule has 0 aromatic heterocycles. The Morgan fingerprint density at radius 1 is 1.50 bits per heavy atom. The van der Waals surface area contributed by atoms with Crippen LogP contribution >= 0.6 is 0 Å². The lowest BCUT2D eigenvalue weighted by Gasteiger charge is -2.29. The summed E-state index contributed by atoms with van der Waals surface area (Å²) in [6.07, 6.45) is 1.80. The van der Waals surface area contributed by atoms with Crippen molar-refractivity contribution in [1.29, 1.82) is 5.26 Å². The number of nitrogens with zero attached hydrogens (tertiary/aromatic N) is 3. The predicted molar refractivity (Wildman–Crippen MR) is 53.5 cm³/mol. The first kappa shape index (κ1) is 11.0. The number of rotatable bonds is 2. The van der Waals surface area contributed by atoms with Crippen LogP contribution < -0.4 is 0 Å². The Kier molecular flexibility index (Phi) is 3.90. The Labute approximate surface area is 85.1 Å². The molecule has 4 heteroatoms. The van der Waals surface area contributed by atoms with E-state index in [0.29, 0.717) is 6.54 Å². The number of hydrogen-bond acceptors (Lipinski definition) is 3. The van der Waals surface area contributed by atoms with Gasteiger partial charge in [0.1, 0.15) is 0 Å². The Morgan fingerprint density at radius 3 is 2.50 bits per heavy atom. The van der Waals surface area contributed by atoms with Gasteiger partial charge in [-0.25, -0.2) is 0 Å². The number of likely N-dealkylation sites (N-methyl/N-ethyl adjacent to an activating group) is 1. The fraction of sp³-hybridized carbons (Fsp3) is 0.800. The van der Waals surface area contributed by atoms with Crippen molar-refractivity contribution in [2.75, 3.05) is 33.7 Å². The van der Waals surface area contributed by atoms with Gasteiger partial charge in [0.15, 0.2) is 0 Å². The lowest BCUT2D eigenvalue weighted by molar-refractivity contribution is -0.130. The lowest BCUT2D eigenvalue weighted by Crippen LogP contribution is -2.40. The van der Waals surface area contributed by atoms with Crippen LogP contribution in [0.3, 0.4) is 0 Å². The highest BCUT2D eigenvalue weighted by Gasteiger charge is 2.20. The average molecular weight is 195 g/mol. The minimum Gasteiger partial charge on any atom is -0.348 e. The number of carbonyl (C=O) groups is 1. The van der Waals surface area contributed by atoms with Crippen molar-refractivity contribution in [3.05, 3.63) is 0 Å². The summed E-state index contributed by atoms with van der Waals surface area (Å²) in [5.74, 6) is 0.334. The summed E-state index contributed by atoms with van der Waals surface area (Å²) in [5.41, 5.74) is 0. The molecule has 1 aliphatic heterocycles. The van der Waals surface area contributed by atoms with Gasteiger partial charge < -0.3 is 4.90 Å². The highest BCUT2D eigenvalue weighted by Crippen LogP contribution is 2.15. The van der Waals surface area contributed by atoms with Crippen LogP contribution in [-0.2, 0) is 4.79 Å². The van der Waals surface area contributed by atoms with Gasteiger partial charge in [0.05, 0.1) is 12.6 Å². The summed E-state index contributed by atoms with van der Waals surface area (Å²) < 4.78 is 0. The summed E-state index contributed by atoms with van der Waals surface area (Å²) in [6.45, 7) is 2.24. The number of nitriles is 1. The van der Waals surface area contributed by atoms with Crippen molar-refractivity contribution < 1.29 is 4.79 Å². The summed E-state index contributed by atoms with van der Waals surface area (Å²) in [6, 6.07) is 2.28. The fourth-order valence-electron chi connectivity index (χ4n) is 1.55. The Morgan fingerprint density at radius 2 is 2.07 bits per heavy atom. The molecule has 0 unspecified atom stereocenters. The third-order valence-corrected chi connectivity index (χ3v) is 2.63. The van der Waals surface area contributed by atoms with Crippen molar-refractivity contribution in [2.24, 2.45) is 5.92 Å². The molecular formula is C10H17N3O. The summed E-state index contributed by atoms with van der Waals surface area (Å²) >= 11 is 0. The smallest absolute Gasteiger partial charge is 0.236 e. The van der Waals surface area contributed by atoms with Gasteiger partial charge in [-0.05, 0) is 25.9 Å². The van der Waals surface area contributed by atoms with Gasteiger partial charge in [-0.15, -0.1) is 0 Å². The van der Waals surface area contributed by atoms with Crippen molar-refractivity contribution in [3.63, 3.8) is 0 Å². The minimum atomic E-state index is 0.139. The van der Waals surface area contributed by atoms with E-state index >= 15 is 0 Å². The zero-order chi connectivity index (χ0) is 10.6. The molecule has 0 N–H and O–H groups in total. The minimum absolute atomic E-state index is 0.139. The molecule has 1 amide bonds. The second kappa shape index (κ2) is 4.97. The average Bonchev–Trinajstić information content (AvgIpc) is 2.19. The van der Waals surface area contributed by atoms with Crippen molar-refractivity contribution in [2.45, 2.75) is 12.8 Å². The first-order valence-electron chi connectivity index (χ1n) is 4.95. The van der Waals surface area contributed by atoms with Crippen molar-refractivity contribution in [3.8, 4) is 6.07 Å². The van der Waals surface area contributed by atoms with Crippen LogP contribution in [0, 0.1) is 17.2 Å². The molecule has 1 rings (SSSR count). The third kappa shape index (κ3) is 3.00. The standard InChI is InChI=1S/C10H17N3O/c1-12(2)10(14)8-13-5-3-9(7-11)4-6-13/h9H,3-6,8H2,1-2H3. The third-order valence-electron chi connectivity index (χ3n) is 2.63. The van der Waals surface area contributed by atoms with Crippen LogP contribution in [0.2, 0.25) is 0 Å². The maximum absolute atomic E-state index is 11.4. The quantitative estimate of drug-likeness (QED) is 0.637. The number of amides is 1. The molecular weight excluding hydrogens is 178 g/mol. The molecule has 0 spiro atoms. The topological polar surface area (TPSA) is 47.3 Å². The van der Waals surface area contributed by atoms with E-state index in [1.54, 1.807) is 19.0 Å². The van der Waals surface area contributed by atoms with Gasteiger partial charge in [-0.1, -0.05) is 0 Å². The number of likely N-dealkylation sites (tertiary alicyclic amines) is 1. The van der Waals surface area contributed by atoms with Crippen LogP contribution in [-0.4, -0.2) is 49.4 Å². The van der Waals surface area contributed by atoms with Gasteiger partial charge in [-0.3, -0.25) is 9.69 Å². The first-order valence-corrected chi connectivity index (χ1v) is 4.95. The van der Waals surface area contributed by atoms with Crippen LogP contribution in [0.1, 0.15) is 12.8 Å². The van der Waals surface area contributed by atoms with E-state index in [0.717, 1.165) is 25.9 Å². The molecule has 14 heavy (non-hydrogen) atoms. The molecule has 4 nitrogen and oxygen atoms in total. The highest BCUT2D eigenvalue weighted by atomic mass is 16.2. The van der Waals surface area contributed by atoms with Gasteiger partial charge in [0.25, 0.3) is 0 Å². The maximum Gasteiger partial charge on any atom is 0.236 e. The lowest BCUT2D eigenvalue weighted by atomic mass is 9.99. The molecule has 1 aliphatic rings. The Balaban J connectivity index is 2.29. The zero-order valence-corrected chi connectivity index (χ0v) is 8.86. The highest BCUT2D eigenvalue weighted by molar-refractivity contribution is 5.77. The molecule has 1 saturated heterocycles. The first-order chi connectivity index (χ1) is 6.63. The molecule has 0 aromatic carbocycles. The largest absolute Gasteiger partial charge is 0.348 e. The zero-order valence-electron chi connectivity index (χ0n) is 8.86. The summed E-state index contributed by atoms with van der Waals surface area (Å²) in [7, 11) is 3.54. The molecule has 0 aliphatic carbocycles. The van der Waals surface area contributed by atoms with Gasteiger partial charge in [0, 0.05) is 20.0 Å². The Hall–Kier alpha value is -1.08. The molecule has 0 atom stereocenters. The number of carbonyl (C=O) groups excluding carboxylic acids is 1. The summed E-state index contributed by atoms with van der Waals surface area (Å²) in [5, 5.41) is 8.70. The van der Waals surface area contributed by atoms with E-state index in [1.165, 1.54) is 0 Å². The molecule has 0 saturated carbocycles. The second-order valence-corrected chi connectivity index (χ2v) is 3.97. The van der Waals surface area contributed by atoms with Crippen LogP contribution in [0.15, 0.2) is 0 Å². The maximum atomic E-state index is 11.4.